The molecule has 0 saturated carbocycles. The van der Waals surface area contributed by atoms with Gasteiger partial charge < -0.3 is 10.0 Å². The van der Waals surface area contributed by atoms with Crippen LogP contribution in [0.25, 0.3) is 0 Å². The van der Waals surface area contributed by atoms with Crippen LogP contribution in [-0.2, 0) is 0 Å². The lowest BCUT2D eigenvalue weighted by molar-refractivity contribution is 0.00105. The van der Waals surface area contributed by atoms with Crippen LogP contribution in [-0.4, -0.2) is 54.2 Å². The molecule has 2 unspecified atom stereocenters. The number of hydrogen-bond donors (Lipinski definition) is 1. The van der Waals surface area contributed by atoms with E-state index in [4.69, 9.17) is 0 Å². The second-order valence-corrected chi connectivity index (χ2v) is 6.82. The highest BCUT2D eigenvalue weighted by atomic mass is 16.3. The Morgan fingerprint density at radius 2 is 1.67 bits per heavy atom. The third-order valence-corrected chi connectivity index (χ3v) is 4.80. The number of aliphatic hydroxyl groups is 1. The molecule has 3 nitrogen and oxygen atoms in total. The number of aliphatic hydroxyl groups excluding tert-OH is 1. The first-order valence-corrected chi connectivity index (χ1v) is 8.14. The van der Waals surface area contributed by atoms with E-state index in [1.54, 1.807) is 0 Å². The molecule has 21 heavy (non-hydrogen) atoms. The number of piperidine rings is 1. The normalized spacial score (nSPS) is 20.9. The summed E-state index contributed by atoms with van der Waals surface area (Å²) in [5.41, 5.74) is 1.03. The minimum Gasteiger partial charge on any atom is -0.387 e. The van der Waals surface area contributed by atoms with Gasteiger partial charge >= 0.3 is 0 Å². The smallest absolute Gasteiger partial charge is 0.0947 e. The van der Waals surface area contributed by atoms with E-state index in [2.05, 4.69) is 37.7 Å². The quantitative estimate of drug-likeness (QED) is 0.903. The lowest BCUT2D eigenvalue weighted by Gasteiger charge is -2.43. The summed E-state index contributed by atoms with van der Waals surface area (Å²) in [6.45, 7) is 6.59. The highest BCUT2D eigenvalue weighted by Crippen LogP contribution is 2.29. The molecule has 1 fully saturated rings. The van der Waals surface area contributed by atoms with Gasteiger partial charge in [-0.3, -0.25) is 4.90 Å². The average Bonchev–Trinajstić information content (AvgIpc) is 2.48. The molecule has 118 valence electrons. The molecule has 1 heterocycles. The molecule has 1 aromatic rings. The van der Waals surface area contributed by atoms with E-state index in [0.717, 1.165) is 18.7 Å². The van der Waals surface area contributed by atoms with E-state index in [1.807, 2.05) is 30.3 Å². The van der Waals surface area contributed by atoms with Crippen molar-refractivity contribution in [1.29, 1.82) is 0 Å². The van der Waals surface area contributed by atoms with Crippen molar-refractivity contribution in [3.05, 3.63) is 35.9 Å². The van der Waals surface area contributed by atoms with Gasteiger partial charge in [0.1, 0.15) is 0 Å². The topological polar surface area (TPSA) is 26.7 Å². The zero-order chi connectivity index (χ0) is 15.4. The van der Waals surface area contributed by atoms with Gasteiger partial charge in [-0.15, -0.1) is 0 Å². The number of nitrogens with zero attached hydrogens (tertiary/aromatic N) is 2. The van der Waals surface area contributed by atoms with Crippen LogP contribution < -0.4 is 0 Å². The Kier molecular flexibility index (Phi) is 5.80. The Balaban J connectivity index is 2.06. The van der Waals surface area contributed by atoms with Gasteiger partial charge in [0.25, 0.3) is 0 Å². The van der Waals surface area contributed by atoms with Crippen molar-refractivity contribution >= 4 is 0 Å². The fourth-order valence-electron chi connectivity index (χ4n) is 3.53. The largest absolute Gasteiger partial charge is 0.387 e. The van der Waals surface area contributed by atoms with Crippen molar-refractivity contribution in [2.75, 3.05) is 27.2 Å². The minimum atomic E-state index is -0.401. The van der Waals surface area contributed by atoms with E-state index in [9.17, 15) is 5.11 Å². The molecule has 1 aromatic carbocycles. The van der Waals surface area contributed by atoms with Crippen LogP contribution in [0.5, 0.6) is 0 Å². The van der Waals surface area contributed by atoms with Crippen LogP contribution in [0.15, 0.2) is 30.3 Å². The minimum absolute atomic E-state index is 0.204. The van der Waals surface area contributed by atoms with E-state index in [1.165, 1.54) is 12.8 Å². The molecule has 1 aliphatic heterocycles. The van der Waals surface area contributed by atoms with Gasteiger partial charge in [-0.2, -0.15) is 0 Å². The summed E-state index contributed by atoms with van der Waals surface area (Å²) >= 11 is 0. The van der Waals surface area contributed by atoms with Crippen molar-refractivity contribution in [2.24, 2.45) is 5.92 Å². The molecule has 0 aromatic heterocycles. The Morgan fingerprint density at radius 1 is 1.10 bits per heavy atom. The van der Waals surface area contributed by atoms with Crippen molar-refractivity contribution in [1.82, 2.24) is 9.80 Å². The Labute approximate surface area is 129 Å². The molecule has 3 heteroatoms. The van der Waals surface area contributed by atoms with E-state index in [0.29, 0.717) is 12.0 Å². The van der Waals surface area contributed by atoms with Gasteiger partial charge in [0.05, 0.1) is 6.10 Å². The van der Waals surface area contributed by atoms with Gasteiger partial charge in [-0.1, -0.05) is 44.2 Å². The predicted molar refractivity (Wildman–Crippen MR) is 88.3 cm³/mol. The van der Waals surface area contributed by atoms with Crippen LogP contribution in [0.4, 0.5) is 0 Å². The molecule has 0 spiro atoms. The summed E-state index contributed by atoms with van der Waals surface area (Å²) < 4.78 is 0. The molecule has 0 radical (unpaired) electrons. The third kappa shape index (κ3) is 4.06. The second kappa shape index (κ2) is 7.39. The number of likely N-dealkylation sites (tertiary alicyclic amines) is 1. The number of hydrogen-bond acceptors (Lipinski definition) is 3. The predicted octanol–water partition coefficient (Wildman–Crippen LogP) is 2.77. The molecule has 2 rings (SSSR count). The highest BCUT2D eigenvalue weighted by Gasteiger charge is 2.32. The van der Waals surface area contributed by atoms with Crippen LogP contribution in [0.3, 0.4) is 0 Å². The van der Waals surface area contributed by atoms with Gasteiger partial charge in [-0.25, -0.2) is 0 Å². The molecular formula is C18H30N2O. The van der Waals surface area contributed by atoms with E-state index >= 15 is 0 Å². The second-order valence-electron chi connectivity index (χ2n) is 6.82. The van der Waals surface area contributed by atoms with Crippen molar-refractivity contribution in [3.8, 4) is 0 Å². The van der Waals surface area contributed by atoms with E-state index in [-0.39, 0.29) is 6.04 Å². The summed E-state index contributed by atoms with van der Waals surface area (Å²) in [5, 5.41) is 10.8. The lowest BCUT2D eigenvalue weighted by Crippen LogP contribution is -2.50. The molecule has 0 bridgehead atoms. The summed E-state index contributed by atoms with van der Waals surface area (Å²) in [6, 6.07) is 11.0. The molecule has 1 saturated heterocycles. The summed E-state index contributed by atoms with van der Waals surface area (Å²) in [5.74, 6) is 0.441. The SMILES string of the molecule is CC(C)C(C(O)c1ccccc1)N1CCC(N(C)C)CC1. The van der Waals surface area contributed by atoms with Gasteiger partial charge in [0.2, 0.25) is 0 Å². The fraction of sp³-hybridized carbons (Fsp3) is 0.667. The number of rotatable bonds is 5. The van der Waals surface area contributed by atoms with Crippen LogP contribution >= 0.6 is 0 Å². The molecule has 1 aliphatic rings. The first-order valence-electron chi connectivity index (χ1n) is 8.14. The Bertz CT molecular complexity index is 410. The maximum absolute atomic E-state index is 10.8. The fourth-order valence-corrected chi connectivity index (χ4v) is 3.53. The maximum Gasteiger partial charge on any atom is 0.0947 e. The molecule has 0 amide bonds. The lowest BCUT2D eigenvalue weighted by atomic mass is 9.89. The zero-order valence-corrected chi connectivity index (χ0v) is 13.9. The monoisotopic (exact) mass is 290 g/mol. The number of benzene rings is 1. The standard InChI is InChI=1S/C18H30N2O/c1-14(2)17(18(21)15-8-6-5-7-9-15)20-12-10-16(11-13-20)19(3)4/h5-9,14,16-18,21H,10-13H2,1-4H3. The summed E-state index contributed by atoms with van der Waals surface area (Å²) in [6.07, 6.45) is 1.98. The average molecular weight is 290 g/mol. The first-order chi connectivity index (χ1) is 10.0. The highest BCUT2D eigenvalue weighted by molar-refractivity contribution is 5.19. The molecule has 1 N–H and O–H groups in total. The maximum atomic E-state index is 10.8. The van der Waals surface area contributed by atoms with Crippen molar-refractivity contribution < 1.29 is 5.11 Å². The Morgan fingerprint density at radius 3 is 2.14 bits per heavy atom. The molecule has 2 atom stereocenters. The van der Waals surface area contributed by atoms with Gasteiger partial charge in [0, 0.05) is 25.2 Å². The summed E-state index contributed by atoms with van der Waals surface area (Å²) in [7, 11) is 4.33. The zero-order valence-electron chi connectivity index (χ0n) is 13.9. The van der Waals surface area contributed by atoms with Gasteiger partial charge in [0.15, 0.2) is 0 Å². The van der Waals surface area contributed by atoms with Crippen molar-refractivity contribution in [3.63, 3.8) is 0 Å². The van der Waals surface area contributed by atoms with Crippen molar-refractivity contribution in [2.45, 2.75) is 44.9 Å². The third-order valence-electron chi connectivity index (χ3n) is 4.80. The summed E-state index contributed by atoms with van der Waals surface area (Å²) in [4.78, 5) is 4.82. The molecule has 0 aliphatic carbocycles. The first kappa shape index (κ1) is 16.5. The molecular weight excluding hydrogens is 260 g/mol. The Hall–Kier alpha value is -0.900. The van der Waals surface area contributed by atoms with Gasteiger partial charge in [-0.05, 0) is 38.4 Å². The van der Waals surface area contributed by atoms with E-state index < -0.39 is 6.10 Å². The van der Waals surface area contributed by atoms with Crippen LogP contribution in [0, 0.1) is 5.92 Å². The van der Waals surface area contributed by atoms with Crippen LogP contribution in [0.1, 0.15) is 38.4 Å². The van der Waals surface area contributed by atoms with Crippen LogP contribution in [0.2, 0.25) is 0 Å².